The topological polar surface area (TPSA) is 80.4 Å². The van der Waals surface area contributed by atoms with Gasteiger partial charge in [-0.25, -0.2) is 4.39 Å². The Hall–Kier alpha value is -0.600. The van der Waals surface area contributed by atoms with Gasteiger partial charge in [-0.2, -0.15) is 17.2 Å². The van der Waals surface area contributed by atoms with E-state index in [1.54, 1.807) is 13.0 Å². The molecule has 3 N–H and O–H groups in total. The Balaban J connectivity index is 0. The third kappa shape index (κ3) is 7.67. The molecule has 8 heteroatoms. The minimum absolute atomic E-state index is 0.169. The van der Waals surface area contributed by atoms with E-state index in [9.17, 15) is 21.6 Å². The quantitative estimate of drug-likeness (QED) is 0.429. The molecule has 0 saturated heterocycles. The first kappa shape index (κ1) is 19.7. The van der Waals surface area contributed by atoms with E-state index in [1.807, 2.05) is 0 Å². The molecular formula is C10H20F3NO3S. The Bertz CT molecular complexity index is 320. The molecule has 0 radical (unpaired) electrons. The van der Waals surface area contributed by atoms with Gasteiger partial charge in [-0.1, -0.05) is 32.3 Å². The van der Waals surface area contributed by atoms with E-state index in [0.717, 1.165) is 0 Å². The lowest BCUT2D eigenvalue weighted by atomic mass is 10.1. The summed E-state index contributed by atoms with van der Waals surface area (Å²) in [5, 5.41) is -4.69. The summed E-state index contributed by atoms with van der Waals surface area (Å²) in [5.74, 6) is 0. The van der Waals surface area contributed by atoms with Gasteiger partial charge in [-0.3, -0.25) is 4.55 Å². The van der Waals surface area contributed by atoms with Crippen molar-refractivity contribution in [2.24, 2.45) is 5.73 Å². The molecule has 0 aliphatic carbocycles. The molecule has 0 saturated carbocycles. The van der Waals surface area contributed by atoms with Crippen LogP contribution < -0.4 is 5.73 Å². The largest absolute Gasteiger partial charge is 0.400 e. The number of unbranched alkanes of at least 4 members (excludes halogenated alkanes) is 2. The van der Waals surface area contributed by atoms with Crippen LogP contribution in [0, 0.1) is 0 Å². The molecule has 0 aliphatic rings. The molecule has 0 aromatic rings. The van der Waals surface area contributed by atoms with Crippen LogP contribution >= 0.6 is 0 Å². The van der Waals surface area contributed by atoms with Crippen molar-refractivity contribution in [2.45, 2.75) is 44.0 Å². The number of hydrogen-bond donors (Lipinski definition) is 2. The Morgan fingerprint density at radius 3 is 2.17 bits per heavy atom. The summed E-state index contributed by atoms with van der Waals surface area (Å²) in [6.45, 7) is 5.74. The molecule has 0 heterocycles. The molecule has 0 aliphatic heterocycles. The van der Waals surface area contributed by atoms with Crippen LogP contribution in [0.2, 0.25) is 0 Å². The highest BCUT2D eigenvalue weighted by atomic mass is 32.2. The average Bonchev–Trinajstić information content (AvgIpc) is 2.28. The third-order valence-electron chi connectivity index (χ3n) is 1.94. The minimum atomic E-state index is -5.65. The second-order valence-corrected chi connectivity index (χ2v) is 5.02. The second-order valence-electron chi connectivity index (χ2n) is 3.52. The Labute approximate surface area is 106 Å². The van der Waals surface area contributed by atoms with Crippen molar-refractivity contribution in [1.82, 2.24) is 0 Å². The first-order valence-corrected chi connectivity index (χ1v) is 6.89. The lowest BCUT2D eigenvalue weighted by Crippen LogP contribution is -2.38. The van der Waals surface area contributed by atoms with E-state index >= 15 is 0 Å². The van der Waals surface area contributed by atoms with Gasteiger partial charge < -0.3 is 5.73 Å². The summed E-state index contributed by atoms with van der Waals surface area (Å²) in [6.07, 6.45) is -0.334. The van der Waals surface area contributed by atoms with Crippen LogP contribution in [-0.4, -0.2) is 30.9 Å². The average molecular weight is 291 g/mol. The van der Waals surface area contributed by atoms with Crippen LogP contribution in [-0.2, 0) is 10.1 Å². The molecule has 1 atom stereocenters. The number of halogens is 3. The first-order chi connectivity index (χ1) is 8.15. The van der Waals surface area contributed by atoms with E-state index in [0.29, 0.717) is 19.4 Å². The van der Waals surface area contributed by atoms with Crippen LogP contribution in [0.1, 0.15) is 32.6 Å². The van der Waals surface area contributed by atoms with Crippen LogP contribution in [0.5, 0.6) is 0 Å². The van der Waals surface area contributed by atoms with Crippen molar-refractivity contribution >= 4 is 10.1 Å². The molecule has 0 spiro atoms. The fraction of sp³-hybridized carbons (Fsp3) is 0.800. The van der Waals surface area contributed by atoms with Gasteiger partial charge in [0.1, 0.15) is 0 Å². The zero-order valence-electron chi connectivity index (χ0n) is 10.3. The minimum Gasteiger partial charge on any atom is -0.327 e. The molecule has 0 bridgehead atoms. The molecule has 0 rings (SSSR count). The molecule has 0 aromatic heterocycles. The predicted octanol–water partition coefficient (Wildman–Crippen LogP) is 2.52. The van der Waals surface area contributed by atoms with E-state index in [4.69, 9.17) is 10.3 Å². The van der Waals surface area contributed by atoms with Gasteiger partial charge in [0.05, 0.1) is 0 Å². The summed E-state index contributed by atoms with van der Waals surface area (Å²) in [5.41, 5.74) is 4.91. The van der Waals surface area contributed by atoms with Gasteiger partial charge in [0.2, 0.25) is 0 Å². The zero-order chi connectivity index (χ0) is 14.8. The Morgan fingerprint density at radius 2 is 1.89 bits per heavy atom. The van der Waals surface area contributed by atoms with E-state index in [1.165, 1.54) is 0 Å². The van der Waals surface area contributed by atoms with Gasteiger partial charge in [-0.15, -0.1) is 6.58 Å². The molecular weight excluding hydrogens is 271 g/mol. The fourth-order valence-electron chi connectivity index (χ4n) is 0.903. The van der Waals surface area contributed by atoms with Crippen molar-refractivity contribution in [3.8, 4) is 0 Å². The lowest BCUT2D eigenvalue weighted by Gasteiger charge is -2.16. The molecule has 18 heavy (non-hydrogen) atoms. The summed E-state index contributed by atoms with van der Waals surface area (Å²) in [7, 11) is -5.65. The molecule has 0 amide bonds. The third-order valence-corrected chi connectivity index (χ3v) is 2.88. The van der Waals surface area contributed by atoms with E-state index in [2.05, 4.69) is 6.58 Å². The highest BCUT2D eigenvalue weighted by Crippen LogP contribution is 2.30. The SMILES string of the molecule is C=CCN.CCCCCC(F)C(F)(F)S(=O)(=O)O. The van der Waals surface area contributed by atoms with Crippen LogP contribution in [0.3, 0.4) is 0 Å². The van der Waals surface area contributed by atoms with Gasteiger partial charge >= 0.3 is 15.4 Å². The van der Waals surface area contributed by atoms with Gasteiger partial charge in [0.15, 0.2) is 6.17 Å². The number of hydrogen-bond acceptors (Lipinski definition) is 3. The second kappa shape index (κ2) is 9.35. The summed E-state index contributed by atoms with van der Waals surface area (Å²) in [6, 6.07) is 0. The van der Waals surface area contributed by atoms with Crippen molar-refractivity contribution < 1.29 is 26.1 Å². The van der Waals surface area contributed by atoms with E-state index in [-0.39, 0.29) is 6.42 Å². The van der Waals surface area contributed by atoms with Gasteiger partial charge in [0, 0.05) is 6.54 Å². The number of rotatable bonds is 7. The van der Waals surface area contributed by atoms with Crippen molar-refractivity contribution in [2.75, 3.05) is 6.54 Å². The number of alkyl halides is 3. The molecule has 0 aromatic carbocycles. The van der Waals surface area contributed by atoms with Crippen LogP contribution in [0.15, 0.2) is 12.7 Å². The molecule has 1 unspecified atom stereocenters. The van der Waals surface area contributed by atoms with Gasteiger partial charge in [0.25, 0.3) is 0 Å². The normalized spacial score (nSPS) is 13.4. The maximum atomic E-state index is 12.7. The van der Waals surface area contributed by atoms with Crippen LogP contribution in [0.4, 0.5) is 13.2 Å². The van der Waals surface area contributed by atoms with Gasteiger partial charge in [-0.05, 0) is 6.42 Å². The smallest absolute Gasteiger partial charge is 0.327 e. The summed E-state index contributed by atoms with van der Waals surface area (Å²) < 4.78 is 66.0. The van der Waals surface area contributed by atoms with E-state index < -0.39 is 28.0 Å². The molecule has 110 valence electrons. The molecule has 0 fully saturated rings. The zero-order valence-corrected chi connectivity index (χ0v) is 11.1. The van der Waals surface area contributed by atoms with Crippen LogP contribution in [0.25, 0.3) is 0 Å². The number of nitrogens with two attached hydrogens (primary N) is 1. The molecule has 4 nitrogen and oxygen atoms in total. The lowest BCUT2D eigenvalue weighted by molar-refractivity contribution is -0.00704. The van der Waals surface area contributed by atoms with Crippen molar-refractivity contribution in [3.05, 3.63) is 12.7 Å². The highest BCUT2D eigenvalue weighted by Gasteiger charge is 2.52. The maximum Gasteiger partial charge on any atom is 0.400 e. The van der Waals surface area contributed by atoms with Crippen molar-refractivity contribution in [1.29, 1.82) is 0 Å². The summed E-state index contributed by atoms with van der Waals surface area (Å²) in [4.78, 5) is 0. The Kier molecular flexibility index (Phi) is 10.2. The monoisotopic (exact) mass is 291 g/mol. The first-order valence-electron chi connectivity index (χ1n) is 5.44. The predicted molar refractivity (Wildman–Crippen MR) is 64.8 cm³/mol. The summed E-state index contributed by atoms with van der Waals surface area (Å²) >= 11 is 0. The Morgan fingerprint density at radius 1 is 1.44 bits per heavy atom. The maximum absolute atomic E-state index is 12.7. The van der Waals surface area contributed by atoms with Crippen molar-refractivity contribution in [3.63, 3.8) is 0 Å². The fourth-order valence-corrected chi connectivity index (χ4v) is 1.34. The standard InChI is InChI=1S/C7H13F3O3S.C3H7N/c1-2-3-4-5-6(8)7(9,10)14(11,12)13;1-2-3-4/h6H,2-5H2,1H3,(H,11,12,13);2H,1,3-4H2. The highest BCUT2D eigenvalue weighted by molar-refractivity contribution is 7.86.